The van der Waals surface area contributed by atoms with E-state index in [4.69, 9.17) is 5.73 Å². The third-order valence-corrected chi connectivity index (χ3v) is 4.76. The van der Waals surface area contributed by atoms with E-state index in [0.717, 1.165) is 30.5 Å². The second-order valence-corrected chi connectivity index (χ2v) is 6.68. The molecule has 1 aromatic rings. The molecule has 0 spiro atoms. The van der Waals surface area contributed by atoms with Crippen molar-refractivity contribution >= 4 is 15.9 Å². The summed E-state index contributed by atoms with van der Waals surface area (Å²) >= 11 is 3.51. The molecule has 0 saturated carbocycles. The number of nitrogens with zero attached hydrogens (tertiary/aromatic N) is 2. The number of rotatable bonds is 4. The molecule has 2 N–H and O–H groups in total. The van der Waals surface area contributed by atoms with Crippen molar-refractivity contribution in [1.82, 2.24) is 9.80 Å². The molecule has 112 valence electrons. The van der Waals surface area contributed by atoms with Crippen molar-refractivity contribution < 1.29 is 0 Å². The standard InChI is InChI=1S/C16H26BrN3/c1-3-15(18)16(13-5-7-14(17)8-6-13)20-10-4-9-19(2)11-12-20/h5-8,15-16H,3-4,9-12,18H2,1-2H3. The first kappa shape index (κ1) is 16.0. The minimum absolute atomic E-state index is 0.194. The number of likely N-dealkylation sites (N-methyl/N-ethyl adjacent to an activating group) is 1. The Morgan fingerprint density at radius 1 is 1.15 bits per heavy atom. The van der Waals surface area contributed by atoms with Crippen LogP contribution in [-0.2, 0) is 0 Å². The highest BCUT2D eigenvalue weighted by Gasteiger charge is 2.26. The van der Waals surface area contributed by atoms with Crippen LogP contribution >= 0.6 is 15.9 Å². The number of halogens is 1. The summed E-state index contributed by atoms with van der Waals surface area (Å²) in [6, 6.07) is 9.18. The molecule has 1 aromatic carbocycles. The van der Waals surface area contributed by atoms with Gasteiger partial charge in [-0.05, 0) is 44.1 Å². The van der Waals surface area contributed by atoms with Gasteiger partial charge in [0.15, 0.2) is 0 Å². The summed E-state index contributed by atoms with van der Waals surface area (Å²) in [5, 5.41) is 0. The van der Waals surface area contributed by atoms with Gasteiger partial charge in [-0.1, -0.05) is 35.0 Å². The number of hydrogen-bond donors (Lipinski definition) is 1. The van der Waals surface area contributed by atoms with Gasteiger partial charge in [0, 0.05) is 36.2 Å². The molecule has 0 bridgehead atoms. The van der Waals surface area contributed by atoms with E-state index < -0.39 is 0 Å². The molecule has 1 saturated heterocycles. The van der Waals surface area contributed by atoms with Crippen molar-refractivity contribution in [2.45, 2.75) is 31.8 Å². The smallest absolute Gasteiger partial charge is 0.0499 e. The van der Waals surface area contributed by atoms with Crippen LogP contribution < -0.4 is 5.73 Å². The van der Waals surface area contributed by atoms with E-state index in [1.165, 1.54) is 18.5 Å². The molecule has 0 radical (unpaired) electrons. The van der Waals surface area contributed by atoms with Crippen LogP contribution in [0.1, 0.15) is 31.4 Å². The first-order valence-electron chi connectivity index (χ1n) is 7.55. The predicted octanol–water partition coefficient (Wildman–Crippen LogP) is 2.87. The van der Waals surface area contributed by atoms with Crippen molar-refractivity contribution in [3.8, 4) is 0 Å². The van der Waals surface area contributed by atoms with Gasteiger partial charge >= 0.3 is 0 Å². The highest BCUT2D eigenvalue weighted by Crippen LogP contribution is 2.27. The fraction of sp³-hybridized carbons (Fsp3) is 0.625. The second kappa shape index (κ2) is 7.55. The first-order chi connectivity index (χ1) is 9.61. The fourth-order valence-electron chi connectivity index (χ4n) is 2.96. The summed E-state index contributed by atoms with van der Waals surface area (Å²) in [5.74, 6) is 0. The molecule has 0 aliphatic carbocycles. The number of nitrogens with two attached hydrogens (primary N) is 1. The van der Waals surface area contributed by atoms with Crippen LogP contribution in [0.5, 0.6) is 0 Å². The van der Waals surface area contributed by atoms with Gasteiger partial charge in [0.1, 0.15) is 0 Å². The predicted molar refractivity (Wildman–Crippen MR) is 88.8 cm³/mol. The molecule has 1 aliphatic rings. The van der Waals surface area contributed by atoms with Crippen LogP contribution in [-0.4, -0.2) is 49.1 Å². The second-order valence-electron chi connectivity index (χ2n) is 5.76. The van der Waals surface area contributed by atoms with Crippen LogP contribution in [0.15, 0.2) is 28.7 Å². The molecule has 2 atom stereocenters. The molecule has 1 aliphatic heterocycles. The van der Waals surface area contributed by atoms with Crippen molar-refractivity contribution in [1.29, 1.82) is 0 Å². The summed E-state index contributed by atoms with van der Waals surface area (Å²) in [6.45, 7) is 6.73. The van der Waals surface area contributed by atoms with Gasteiger partial charge in [-0.15, -0.1) is 0 Å². The SMILES string of the molecule is CCC(N)C(c1ccc(Br)cc1)N1CCCN(C)CC1. The third kappa shape index (κ3) is 4.04. The fourth-order valence-corrected chi connectivity index (χ4v) is 3.22. The summed E-state index contributed by atoms with van der Waals surface area (Å²) in [4.78, 5) is 4.98. The lowest BCUT2D eigenvalue weighted by molar-refractivity contribution is 0.175. The van der Waals surface area contributed by atoms with Gasteiger partial charge in [0.25, 0.3) is 0 Å². The highest BCUT2D eigenvalue weighted by atomic mass is 79.9. The van der Waals surface area contributed by atoms with Crippen LogP contribution in [0, 0.1) is 0 Å². The zero-order valence-corrected chi connectivity index (χ0v) is 14.1. The minimum Gasteiger partial charge on any atom is -0.326 e. The quantitative estimate of drug-likeness (QED) is 0.915. The summed E-state index contributed by atoms with van der Waals surface area (Å²) in [5.41, 5.74) is 7.78. The van der Waals surface area contributed by atoms with Crippen LogP contribution in [0.2, 0.25) is 0 Å². The summed E-state index contributed by atoms with van der Waals surface area (Å²) in [6.07, 6.45) is 2.23. The van der Waals surface area contributed by atoms with E-state index in [2.05, 4.69) is 64.0 Å². The Balaban J connectivity index is 2.20. The Hall–Kier alpha value is -0.420. The zero-order valence-electron chi connectivity index (χ0n) is 12.6. The molecular formula is C16H26BrN3. The average molecular weight is 340 g/mol. The Bertz CT molecular complexity index is 407. The molecule has 2 unspecified atom stereocenters. The van der Waals surface area contributed by atoms with Gasteiger partial charge in [0.05, 0.1) is 0 Å². The zero-order chi connectivity index (χ0) is 14.5. The van der Waals surface area contributed by atoms with E-state index >= 15 is 0 Å². The van der Waals surface area contributed by atoms with Crippen molar-refractivity contribution in [2.75, 3.05) is 33.2 Å². The topological polar surface area (TPSA) is 32.5 Å². The Morgan fingerprint density at radius 2 is 1.85 bits per heavy atom. The third-order valence-electron chi connectivity index (χ3n) is 4.24. The number of benzene rings is 1. The molecule has 0 aromatic heterocycles. The highest BCUT2D eigenvalue weighted by molar-refractivity contribution is 9.10. The number of hydrogen-bond acceptors (Lipinski definition) is 3. The van der Waals surface area contributed by atoms with Gasteiger partial charge in [-0.25, -0.2) is 0 Å². The van der Waals surface area contributed by atoms with Gasteiger partial charge in [-0.2, -0.15) is 0 Å². The molecule has 3 nitrogen and oxygen atoms in total. The normalized spacial score (nSPS) is 21.4. The molecule has 2 rings (SSSR count). The first-order valence-corrected chi connectivity index (χ1v) is 8.34. The van der Waals surface area contributed by atoms with Crippen LogP contribution in [0.4, 0.5) is 0 Å². The van der Waals surface area contributed by atoms with E-state index in [-0.39, 0.29) is 6.04 Å². The molecule has 1 fully saturated rings. The Morgan fingerprint density at radius 3 is 2.50 bits per heavy atom. The van der Waals surface area contributed by atoms with E-state index in [0.29, 0.717) is 6.04 Å². The van der Waals surface area contributed by atoms with Gasteiger partial charge in [-0.3, -0.25) is 4.90 Å². The van der Waals surface area contributed by atoms with Crippen molar-refractivity contribution in [3.05, 3.63) is 34.3 Å². The minimum atomic E-state index is 0.194. The van der Waals surface area contributed by atoms with Gasteiger partial charge in [0.2, 0.25) is 0 Å². The maximum absolute atomic E-state index is 6.44. The molecule has 4 heteroatoms. The van der Waals surface area contributed by atoms with Gasteiger partial charge < -0.3 is 10.6 Å². The lowest BCUT2D eigenvalue weighted by atomic mass is 9.96. The van der Waals surface area contributed by atoms with E-state index in [1.54, 1.807) is 0 Å². The Labute approximate surface area is 131 Å². The summed E-state index contributed by atoms with van der Waals surface area (Å²) in [7, 11) is 2.21. The molecule has 1 heterocycles. The largest absolute Gasteiger partial charge is 0.326 e. The summed E-state index contributed by atoms with van der Waals surface area (Å²) < 4.78 is 1.13. The monoisotopic (exact) mass is 339 g/mol. The lowest BCUT2D eigenvalue weighted by Gasteiger charge is -2.35. The maximum Gasteiger partial charge on any atom is 0.0499 e. The lowest BCUT2D eigenvalue weighted by Crippen LogP contribution is -2.42. The Kier molecular flexibility index (Phi) is 6.02. The van der Waals surface area contributed by atoms with E-state index in [9.17, 15) is 0 Å². The van der Waals surface area contributed by atoms with Crippen LogP contribution in [0.25, 0.3) is 0 Å². The molecule has 0 amide bonds. The van der Waals surface area contributed by atoms with Crippen LogP contribution in [0.3, 0.4) is 0 Å². The molecular weight excluding hydrogens is 314 g/mol. The van der Waals surface area contributed by atoms with Crippen molar-refractivity contribution in [3.63, 3.8) is 0 Å². The van der Waals surface area contributed by atoms with Crippen molar-refractivity contribution in [2.24, 2.45) is 5.73 Å². The van der Waals surface area contributed by atoms with E-state index in [1.807, 2.05) is 0 Å². The average Bonchev–Trinajstić information content (AvgIpc) is 2.66. The maximum atomic E-state index is 6.44. The molecule has 20 heavy (non-hydrogen) atoms.